The number of hydrogen-bond donors (Lipinski definition) is 2. The van der Waals surface area contributed by atoms with Gasteiger partial charge in [-0.15, -0.1) is 0 Å². The van der Waals surface area contributed by atoms with Gasteiger partial charge in [-0.3, -0.25) is 9.59 Å². The van der Waals surface area contributed by atoms with Crippen molar-refractivity contribution >= 4 is 11.8 Å². The van der Waals surface area contributed by atoms with E-state index < -0.39 is 0 Å². The number of nitrogens with one attached hydrogen (secondary N) is 2. The Morgan fingerprint density at radius 1 is 0.958 bits per heavy atom. The predicted octanol–water partition coefficient (Wildman–Crippen LogP) is 2.52. The molecule has 126 valence electrons. The maximum atomic E-state index is 11.8. The van der Waals surface area contributed by atoms with Crippen molar-refractivity contribution in [2.45, 2.75) is 19.9 Å². The Hall–Kier alpha value is -2.82. The van der Waals surface area contributed by atoms with Crippen LogP contribution in [-0.2, 0) is 11.3 Å². The molecule has 0 bridgehead atoms. The molecule has 2 N–H and O–H groups in total. The highest BCUT2D eigenvalue weighted by Gasteiger charge is 2.05. The molecule has 2 amide bonds. The molecule has 0 saturated carbocycles. The number of benzene rings is 2. The summed E-state index contributed by atoms with van der Waals surface area (Å²) in [4.78, 5) is 23.5. The number of carbonyl (C=O) groups is 2. The van der Waals surface area contributed by atoms with Gasteiger partial charge in [0.15, 0.2) is 0 Å². The number of carbonyl (C=O) groups excluding carboxylic acids is 2. The van der Waals surface area contributed by atoms with Crippen molar-refractivity contribution in [1.82, 2.24) is 10.6 Å². The minimum atomic E-state index is -0.0915. The highest BCUT2D eigenvalue weighted by atomic mass is 16.5. The lowest BCUT2D eigenvalue weighted by Gasteiger charge is -2.08. The Balaban J connectivity index is 1.70. The number of rotatable bonds is 8. The fourth-order valence-corrected chi connectivity index (χ4v) is 2.10. The summed E-state index contributed by atoms with van der Waals surface area (Å²) in [5.41, 5.74) is 1.56. The summed E-state index contributed by atoms with van der Waals surface area (Å²) in [5, 5.41) is 5.59. The van der Waals surface area contributed by atoms with Crippen LogP contribution in [-0.4, -0.2) is 25.0 Å². The second-order valence-corrected chi connectivity index (χ2v) is 5.24. The van der Waals surface area contributed by atoms with E-state index >= 15 is 0 Å². The molecule has 5 nitrogen and oxygen atoms in total. The van der Waals surface area contributed by atoms with Crippen LogP contribution in [0.4, 0.5) is 0 Å². The van der Waals surface area contributed by atoms with E-state index in [2.05, 4.69) is 10.6 Å². The normalized spacial score (nSPS) is 10.0. The molecule has 0 spiro atoms. The summed E-state index contributed by atoms with van der Waals surface area (Å²) in [6.45, 7) is 3.25. The van der Waals surface area contributed by atoms with E-state index in [1.165, 1.54) is 0 Å². The van der Waals surface area contributed by atoms with Gasteiger partial charge >= 0.3 is 0 Å². The van der Waals surface area contributed by atoms with E-state index in [4.69, 9.17) is 4.74 Å². The number of amides is 2. The van der Waals surface area contributed by atoms with Crippen LogP contribution >= 0.6 is 0 Å². The first kappa shape index (κ1) is 17.5. The lowest BCUT2D eigenvalue weighted by atomic mass is 10.1. The van der Waals surface area contributed by atoms with Crippen LogP contribution in [0.25, 0.3) is 0 Å². The first-order valence-corrected chi connectivity index (χ1v) is 8.00. The van der Waals surface area contributed by atoms with E-state index in [0.717, 1.165) is 11.3 Å². The molecule has 0 heterocycles. The molecule has 0 aliphatic carbocycles. The monoisotopic (exact) mass is 326 g/mol. The van der Waals surface area contributed by atoms with Crippen LogP contribution in [0, 0.1) is 0 Å². The summed E-state index contributed by atoms with van der Waals surface area (Å²) >= 11 is 0. The third kappa shape index (κ3) is 5.76. The Morgan fingerprint density at radius 3 is 2.33 bits per heavy atom. The summed E-state index contributed by atoms with van der Waals surface area (Å²) in [6, 6.07) is 16.6. The van der Waals surface area contributed by atoms with Gasteiger partial charge in [0.2, 0.25) is 5.91 Å². The molecule has 2 aromatic carbocycles. The maximum Gasteiger partial charge on any atom is 0.251 e. The van der Waals surface area contributed by atoms with Crippen molar-refractivity contribution in [3.8, 4) is 5.75 Å². The van der Waals surface area contributed by atoms with Gasteiger partial charge in [-0.25, -0.2) is 0 Å². The van der Waals surface area contributed by atoms with E-state index in [9.17, 15) is 9.59 Å². The molecule has 0 saturated heterocycles. The Kier molecular flexibility index (Phi) is 6.83. The van der Waals surface area contributed by atoms with Gasteiger partial charge in [0.25, 0.3) is 5.91 Å². The van der Waals surface area contributed by atoms with Crippen LogP contribution < -0.4 is 15.4 Å². The maximum absolute atomic E-state index is 11.8. The zero-order valence-corrected chi connectivity index (χ0v) is 13.7. The standard InChI is InChI=1S/C19H22N2O3/c1-2-20-19(23)16-10-8-15(9-11-16)14-21-18(22)12-13-24-17-6-4-3-5-7-17/h3-11H,2,12-14H2,1H3,(H,20,23)(H,21,22). The summed E-state index contributed by atoms with van der Waals surface area (Å²) in [5.74, 6) is 0.594. The molecular weight excluding hydrogens is 304 g/mol. The van der Waals surface area contributed by atoms with E-state index in [0.29, 0.717) is 31.7 Å². The molecule has 0 atom stereocenters. The van der Waals surface area contributed by atoms with Crippen molar-refractivity contribution in [3.05, 3.63) is 65.7 Å². The number of hydrogen-bond acceptors (Lipinski definition) is 3. The summed E-state index contributed by atoms with van der Waals surface area (Å²) < 4.78 is 5.49. The van der Waals surface area contributed by atoms with E-state index in [1.807, 2.05) is 49.4 Å². The molecule has 0 aliphatic rings. The fraction of sp³-hybridized carbons (Fsp3) is 0.263. The second-order valence-electron chi connectivity index (χ2n) is 5.24. The van der Waals surface area contributed by atoms with Crippen molar-refractivity contribution in [2.75, 3.05) is 13.2 Å². The zero-order chi connectivity index (χ0) is 17.2. The molecule has 0 unspecified atom stereocenters. The van der Waals surface area contributed by atoms with Crippen LogP contribution in [0.2, 0.25) is 0 Å². The van der Waals surface area contributed by atoms with Gasteiger partial charge in [-0.2, -0.15) is 0 Å². The van der Waals surface area contributed by atoms with Crippen molar-refractivity contribution < 1.29 is 14.3 Å². The molecule has 0 aromatic heterocycles. The fourth-order valence-electron chi connectivity index (χ4n) is 2.10. The van der Waals surface area contributed by atoms with Crippen LogP contribution in [0.3, 0.4) is 0 Å². The number of ether oxygens (including phenoxy) is 1. The Bertz CT molecular complexity index is 654. The minimum absolute atomic E-state index is 0.0706. The smallest absolute Gasteiger partial charge is 0.251 e. The molecule has 2 aromatic rings. The lowest BCUT2D eigenvalue weighted by Crippen LogP contribution is -2.25. The van der Waals surface area contributed by atoms with Crippen LogP contribution in [0.5, 0.6) is 5.75 Å². The van der Waals surface area contributed by atoms with Gasteiger partial charge < -0.3 is 15.4 Å². The van der Waals surface area contributed by atoms with Crippen molar-refractivity contribution in [3.63, 3.8) is 0 Å². The van der Waals surface area contributed by atoms with E-state index in [1.54, 1.807) is 12.1 Å². The summed E-state index contributed by atoms with van der Waals surface area (Å²) in [7, 11) is 0. The van der Waals surface area contributed by atoms with Gasteiger partial charge in [-0.05, 0) is 36.8 Å². The largest absolute Gasteiger partial charge is 0.493 e. The van der Waals surface area contributed by atoms with Gasteiger partial charge in [0.1, 0.15) is 5.75 Å². The Labute approximate surface area is 142 Å². The molecule has 0 radical (unpaired) electrons. The first-order chi connectivity index (χ1) is 11.7. The molecule has 0 aliphatic heterocycles. The number of para-hydroxylation sites is 1. The van der Waals surface area contributed by atoms with Gasteiger partial charge in [-0.1, -0.05) is 30.3 Å². The van der Waals surface area contributed by atoms with Gasteiger partial charge in [0.05, 0.1) is 13.0 Å². The van der Waals surface area contributed by atoms with Crippen LogP contribution in [0.15, 0.2) is 54.6 Å². The molecule has 24 heavy (non-hydrogen) atoms. The molecular formula is C19H22N2O3. The first-order valence-electron chi connectivity index (χ1n) is 8.00. The molecule has 2 rings (SSSR count). The third-order valence-corrected chi connectivity index (χ3v) is 3.38. The SMILES string of the molecule is CCNC(=O)c1ccc(CNC(=O)CCOc2ccccc2)cc1. The predicted molar refractivity (Wildman–Crippen MR) is 92.8 cm³/mol. The van der Waals surface area contributed by atoms with Gasteiger partial charge in [0, 0.05) is 18.7 Å². The van der Waals surface area contributed by atoms with Crippen LogP contribution in [0.1, 0.15) is 29.3 Å². The van der Waals surface area contributed by atoms with Crippen molar-refractivity contribution in [1.29, 1.82) is 0 Å². The average Bonchev–Trinajstić information content (AvgIpc) is 2.61. The Morgan fingerprint density at radius 2 is 1.67 bits per heavy atom. The third-order valence-electron chi connectivity index (χ3n) is 3.38. The quantitative estimate of drug-likeness (QED) is 0.783. The topological polar surface area (TPSA) is 67.4 Å². The van der Waals surface area contributed by atoms with E-state index in [-0.39, 0.29) is 11.8 Å². The van der Waals surface area contributed by atoms with Crippen molar-refractivity contribution in [2.24, 2.45) is 0 Å². The highest BCUT2D eigenvalue weighted by Crippen LogP contribution is 2.08. The zero-order valence-electron chi connectivity index (χ0n) is 13.7. The average molecular weight is 326 g/mol. The minimum Gasteiger partial charge on any atom is -0.493 e. The second kappa shape index (κ2) is 9.35. The summed E-state index contributed by atoms with van der Waals surface area (Å²) in [6.07, 6.45) is 0.298. The lowest BCUT2D eigenvalue weighted by molar-refractivity contribution is -0.121. The highest BCUT2D eigenvalue weighted by molar-refractivity contribution is 5.94. The molecule has 0 fully saturated rings. The molecule has 5 heteroatoms.